The lowest BCUT2D eigenvalue weighted by atomic mass is 9.73. The van der Waals surface area contributed by atoms with E-state index in [-0.39, 0.29) is 17.8 Å². The van der Waals surface area contributed by atoms with Gasteiger partial charge in [-0.15, -0.1) is 0 Å². The summed E-state index contributed by atoms with van der Waals surface area (Å²) in [6.07, 6.45) is 3.26. The van der Waals surface area contributed by atoms with E-state index in [2.05, 4.69) is 10.6 Å². The number of carbonyl (C=O) groups is 1. The Hall–Kier alpha value is -1.46. The van der Waals surface area contributed by atoms with E-state index in [1.165, 1.54) is 12.1 Å². The molecular formula is C17H23FN2O2. The molecule has 120 valence electrons. The van der Waals surface area contributed by atoms with Crippen LogP contribution in [0.15, 0.2) is 24.3 Å². The second kappa shape index (κ2) is 6.75. The molecule has 22 heavy (non-hydrogen) atoms. The van der Waals surface area contributed by atoms with Crippen molar-refractivity contribution in [1.82, 2.24) is 10.6 Å². The zero-order chi connectivity index (χ0) is 15.4. The molecule has 0 radical (unpaired) electrons. The van der Waals surface area contributed by atoms with Gasteiger partial charge in [-0.3, -0.25) is 4.79 Å². The molecule has 2 fully saturated rings. The van der Waals surface area contributed by atoms with Crippen LogP contribution in [0.5, 0.6) is 0 Å². The van der Waals surface area contributed by atoms with Crippen molar-refractivity contribution in [2.24, 2.45) is 0 Å². The number of hydrogen-bond donors (Lipinski definition) is 2. The van der Waals surface area contributed by atoms with Crippen molar-refractivity contribution in [3.8, 4) is 0 Å². The summed E-state index contributed by atoms with van der Waals surface area (Å²) < 4.78 is 19.1. The minimum atomic E-state index is -0.669. The molecule has 2 N–H and O–H groups in total. The number of hydrogen-bond acceptors (Lipinski definition) is 3. The molecule has 0 unspecified atom stereocenters. The van der Waals surface area contributed by atoms with E-state index >= 15 is 0 Å². The van der Waals surface area contributed by atoms with Gasteiger partial charge in [0, 0.05) is 25.8 Å². The van der Waals surface area contributed by atoms with E-state index in [9.17, 15) is 9.18 Å². The summed E-state index contributed by atoms with van der Waals surface area (Å²) in [6, 6.07) is 6.60. The Bertz CT molecular complexity index is 523. The van der Waals surface area contributed by atoms with E-state index < -0.39 is 5.41 Å². The molecule has 3 rings (SSSR count). The summed E-state index contributed by atoms with van der Waals surface area (Å²) in [5.74, 6) is -0.286. The maximum absolute atomic E-state index is 13.6. The Balaban J connectivity index is 1.83. The van der Waals surface area contributed by atoms with Crippen LogP contribution in [0.3, 0.4) is 0 Å². The summed E-state index contributed by atoms with van der Waals surface area (Å²) in [6.45, 7) is 2.89. The standard InChI is InChI=1S/C17H23FN2O2/c18-14-4-1-3-13(11-14)17(6-9-22-10-7-17)16(21)20-15-5-2-8-19-12-15/h1,3-4,11,15,19H,2,5-10,12H2,(H,20,21)/t15-/m0/s1. The highest BCUT2D eigenvalue weighted by atomic mass is 19.1. The van der Waals surface area contributed by atoms with Crippen LogP contribution in [0, 0.1) is 5.82 Å². The number of rotatable bonds is 3. The van der Waals surface area contributed by atoms with E-state index in [0.29, 0.717) is 26.1 Å². The van der Waals surface area contributed by atoms with E-state index in [1.807, 2.05) is 6.07 Å². The molecule has 1 aromatic rings. The summed E-state index contributed by atoms with van der Waals surface area (Å²) in [5, 5.41) is 6.47. The molecule has 2 aliphatic heterocycles. The Morgan fingerprint density at radius 1 is 1.36 bits per heavy atom. The summed E-state index contributed by atoms with van der Waals surface area (Å²) in [7, 11) is 0. The number of amides is 1. The van der Waals surface area contributed by atoms with Crippen molar-refractivity contribution in [3.05, 3.63) is 35.6 Å². The zero-order valence-corrected chi connectivity index (χ0v) is 12.7. The van der Waals surface area contributed by atoms with Gasteiger partial charge in [-0.05, 0) is 49.9 Å². The number of nitrogens with one attached hydrogen (secondary N) is 2. The Labute approximate surface area is 130 Å². The first-order chi connectivity index (χ1) is 10.7. The molecule has 0 aromatic heterocycles. The van der Waals surface area contributed by atoms with Crippen LogP contribution in [0.2, 0.25) is 0 Å². The summed E-state index contributed by atoms with van der Waals surface area (Å²) >= 11 is 0. The highest BCUT2D eigenvalue weighted by Gasteiger charge is 2.42. The first-order valence-corrected chi connectivity index (χ1v) is 8.06. The van der Waals surface area contributed by atoms with Gasteiger partial charge in [0.1, 0.15) is 5.82 Å². The molecule has 1 amide bonds. The predicted molar refractivity (Wildman–Crippen MR) is 82.2 cm³/mol. The second-order valence-electron chi connectivity index (χ2n) is 6.22. The van der Waals surface area contributed by atoms with Gasteiger partial charge in [0.05, 0.1) is 5.41 Å². The smallest absolute Gasteiger partial charge is 0.231 e. The van der Waals surface area contributed by atoms with Crippen LogP contribution in [0.1, 0.15) is 31.2 Å². The van der Waals surface area contributed by atoms with Gasteiger partial charge in [-0.1, -0.05) is 12.1 Å². The zero-order valence-electron chi connectivity index (χ0n) is 12.7. The highest BCUT2D eigenvalue weighted by Crippen LogP contribution is 2.35. The van der Waals surface area contributed by atoms with E-state index in [4.69, 9.17) is 4.74 Å². The lowest BCUT2D eigenvalue weighted by molar-refractivity contribution is -0.131. The van der Waals surface area contributed by atoms with Crippen molar-refractivity contribution >= 4 is 5.91 Å². The average molecular weight is 306 g/mol. The van der Waals surface area contributed by atoms with Crippen LogP contribution in [-0.2, 0) is 14.9 Å². The number of benzene rings is 1. The Kier molecular flexibility index (Phi) is 4.74. The van der Waals surface area contributed by atoms with Crippen LogP contribution >= 0.6 is 0 Å². The van der Waals surface area contributed by atoms with Crippen LogP contribution in [0.25, 0.3) is 0 Å². The van der Waals surface area contributed by atoms with E-state index in [1.54, 1.807) is 6.07 Å². The predicted octanol–water partition coefficient (Wildman–Crippen LogP) is 1.74. The van der Waals surface area contributed by atoms with Crippen LogP contribution < -0.4 is 10.6 Å². The minimum Gasteiger partial charge on any atom is -0.381 e. The molecule has 4 nitrogen and oxygen atoms in total. The number of halogens is 1. The highest BCUT2D eigenvalue weighted by molar-refractivity contribution is 5.88. The maximum Gasteiger partial charge on any atom is 0.231 e. The van der Waals surface area contributed by atoms with Crippen LogP contribution in [0.4, 0.5) is 4.39 Å². The lowest BCUT2D eigenvalue weighted by Gasteiger charge is -2.38. The van der Waals surface area contributed by atoms with Gasteiger partial charge in [0.2, 0.25) is 5.91 Å². The van der Waals surface area contributed by atoms with Gasteiger partial charge in [0.15, 0.2) is 0 Å². The third-order valence-corrected chi connectivity index (χ3v) is 4.79. The van der Waals surface area contributed by atoms with Gasteiger partial charge in [-0.2, -0.15) is 0 Å². The number of carbonyl (C=O) groups excluding carboxylic acids is 1. The molecule has 2 saturated heterocycles. The van der Waals surface area contributed by atoms with Gasteiger partial charge >= 0.3 is 0 Å². The first kappa shape index (κ1) is 15.4. The Morgan fingerprint density at radius 3 is 2.86 bits per heavy atom. The first-order valence-electron chi connectivity index (χ1n) is 8.06. The normalized spacial score (nSPS) is 24.7. The molecule has 0 bridgehead atoms. The summed E-state index contributed by atoms with van der Waals surface area (Å²) in [5.41, 5.74) is 0.0923. The molecule has 5 heteroatoms. The largest absolute Gasteiger partial charge is 0.381 e. The van der Waals surface area contributed by atoms with Crippen molar-refractivity contribution in [2.45, 2.75) is 37.1 Å². The van der Waals surface area contributed by atoms with Crippen LogP contribution in [-0.4, -0.2) is 38.3 Å². The molecule has 0 spiro atoms. The van der Waals surface area contributed by atoms with Gasteiger partial charge in [-0.25, -0.2) is 4.39 Å². The maximum atomic E-state index is 13.6. The molecule has 2 aliphatic rings. The molecule has 1 aromatic carbocycles. The van der Waals surface area contributed by atoms with Crippen molar-refractivity contribution < 1.29 is 13.9 Å². The minimum absolute atomic E-state index is 0.00935. The fraction of sp³-hybridized carbons (Fsp3) is 0.588. The lowest BCUT2D eigenvalue weighted by Crippen LogP contribution is -2.54. The molecule has 0 aliphatic carbocycles. The molecular weight excluding hydrogens is 283 g/mol. The fourth-order valence-electron chi connectivity index (χ4n) is 3.45. The second-order valence-corrected chi connectivity index (χ2v) is 6.22. The molecule has 1 atom stereocenters. The van der Waals surface area contributed by atoms with Crippen molar-refractivity contribution in [3.63, 3.8) is 0 Å². The van der Waals surface area contributed by atoms with Crippen molar-refractivity contribution in [2.75, 3.05) is 26.3 Å². The number of piperidine rings is 1. The molecule has 2 heterocycles. The summed E-state index contributed by atoms with van der Waals surface area (Å²) in [4.78, 5) is 13.0. The number of ether oxygens (including phenoxy) is 1. The SMILES string of the molecule is O=C(N[C@H]1CCCNC1)C1(c2cccc(F)c2)CCOCC1. The third-order valence-electron chi connectivity index (χ3n) is 4.79. The van der Waals surface area contributed by atoms with Gasteiger partial charge in [0.25, 0.3) is 0 Å². The Morgan fingerprint density at radius 2 is 2.18 bits per heavy atom. The average Bonchev–Trinajstić information content (AvgIpc) is 2.56. The molecule has 0 saturated carbocycles. The fourth-order valence-corrected chi connectivity index (χ4v) is 3.45. The van der Waals surface area contributed by atoms with Gasteiger partial charge < -0.3 is 15.4 Å². The topological polar surface area (TPSA) is 50.4 Å². The quantitative estimate of drug-likeness (QED) is 0.894. The van der Waals surface area contributed by atoms with E-state index in [0.717, 1.165) is 31.5 Å². The monoisotopic (exact) mass is 306 g/mol. The third kappa shape index (κ3) is 3.15. The van der Waals surface area contributed by atoms with Crippen molar-refractivity contribution in [1.29, 1.82) is 0 Å².